The van der Waals surface area contributed by atoms with Crippen LogP contribution in [0.2, 0.25) is 0 Å². The van der Waals surface area contributed by atoms with Gasteiger partial charge in [-0.15, -0.1) is 0 Å². The second-order valence-corrected chi connectivity index (χ2v) is 6.45. The predicted octanol–water partition coefficient (Wildman–Crippen LogP) is 0.394. The number of ether oxygens (including phenoxy) is 1. The number of carboxylic acid groups (broad SMARTS) is 1. The fourth-order valence-corrected chi connectivity index (χ4v) is 2.19. The van der Waals surface area contributed by atoms with Crippen molar-refractivity contribution in [2.45, 2.75) is 26.9 Å². The molecule has 17 heavy (non-hydrogen) atoms. The Bertz CT molecular complexity index is 339. The van der Waals surface area contributed by atoms with Crippen LogP contribution in [-0.2, 0) is 19.6 Å². The van der Waals surface area contributed by atoms with E-state index in [1.165, 1.54) is 14.0 Å². The molecule has 0 aliphatic carbocycles. The van der Waals surface area contributed by atoms with Gasteiger partial charge in [-0.1, -0.05) is 6.92 Å². The highest BCUT2D eigenvalue weighted by Gasteiger charge is 2.22. The van der Waals surface area contributed by atoms with Crippen LogP contribution in [0.5, 0.6) is 0 Å². The van der Waals surface area contributed by atoms with E-state index in [1.54, 1.807) is 0 Å². The Labute approximate surface area is 103 Å². The third kappa shape index (κ3) is 6.60. The molecule has 0 aromatic carbocycles. The zero-order valence-corrected chi connectivity index (χ0v) is 11.5. The molecule has 0 saturated carbocycles. The molecule has 0 fully saturated rings. The Kier molecular flexibility index (Phi) is 6.66. The topological polar surface area (TPSA) is 83.9 Å². The molecule has 6 nitrogen and oxygen atoms in total. The van der Waals surface area contributed by atoms with Crippen molar-refractivity contribution in [3.63, 3.8) is 0 Å². The van der Waals surface area contributed by atoms with Gasteiger partial charge in [-0.05, 0) is 13.8 Å². The van der Waals surface area contributed by atoms with Crippen molar-refractivity contribution in [3.8, 4) is 0 Å². The lowest BCUT2D eigenvalue weighted by atomic mass is 10.2. The summed E-state index contributed by atoms with van der Waals surface area (Å²) in [6, 6.07) is 0. The van der Waals surface area contributed by atoms with E-state index >= 15 is 0 Å². The molecule has 0 bridgehead atoms. The van der Waals surface area contributed by atoms with E-state index in [-0.39, 0.29) is 25.0 Å². The lowest BCUT2D eigenvalue weighted by Gasteiger charge is -2.19. The molecule has 1 N–H and O–H groups in total. The molecule has 0 spiro atoms. The highest BCUT2D eigenvalue weighted by Crippen LogP contribution is 2.05. The molecule has 0 aromatic rings. The molecule has 1 atom stereocenters. The fraction of sp³-hybridized carbons (Fsp3) is 0.900. The molecule has 0 aliphatic heterocycles. The van der Waals surface area contributed by atoms with Crippen molar-refractivity contribution >= 4 is 16.0 Å². The molecule has 0 radical (unpaired) electrons. The number of hydrogen-bond donors (Lipinski definition) is 1. The number of carbonyl (C=O) groups is 1. The van der Waals surface area contributed by atoms with Crippen LogP contribution < -0.4 is 0 Å². The Balaban J connectivity index is 4.25. The minimum atomic E-state index is -3.44. The molecule has 102 valence electrons. The zero-order valence-electron chi connectivity index (χ0n) is 10.7. The Hall–Kier alpha value is -0.660. The molecular weight excluding hydrogens is 246 g/mol. The standard InChI is InChI=1S/C10H21NO5S/c1-8(2)16-5-6-17(14,15)11(4)7-9(3)10(12)13/h8-9H,5-7H2,1-4H3,(H,12,13). The number of aliphatic carboxylic acids is 1. The van der Waals surface area contributed by atoms with Gasteiger partial charge in [-0.3, -0.25) is 4.79 Å². The minimum Gasteiger partial charge on any atom is -0.481 e. The van der Waals surface area contributed by atoms with E-state index in [9.17, 15) is 13.2 Å². The SMILES string of the molecule is CC(C)OCCS(=O)(=O)N(C)CC(C)C(=O)O. The van der Waals surface area contributed by atoms with E-state index in [2.05, 4.69) is 0 Å². The molecule has 1 unspecified atom stereocenters. The van der Waals surface area contributed by atoms with Crippen LogP contribution in [0.15, 0.2) is 0 Å². The molecular formula is C10H21NO5S. The van der Waals surface area contributed by atoms with Crippen molar-refractivity contribution in [2.24, 2.45) is 5.92 Å². The second-order valence-electron chi connectivity index (χ2n) is 4.26. The summed E-state index contributed by atoms with van der Waals surface area (Å²) in [5, 5.41) is 8.70. The van der Waals surface area contributed by atoms with Crippen molar-refractivity contribution in [1.82, 2.24) is 4.31 Å². The van der Waals surface area contributed by atoms with Gasteiger partial charge >= 0.3 is 5.97 Å². The molecule has 7 heteroatoms. The highest BCUT2D eigenvalue weighted by molar-refractivity contribution is 7.89. The molecule has 0 rings (SSSR count). The predicted molar refractivity (Wildman–Crippen MR) is 64.3 cm³/mol. The second kappa shape index (κ2) is 6.93. The van der Waals surface area contributed by atoms with Crippen LogP contribution in [0.1, 0.15) is 20.8 Å². The number of rotatable bonds is 8. The number of carboxylic acids is 1. The van der Waals surface area contributed by atoms with Gasteiger partial charge in [-0.2, -0.15) is 0 Å². The average molecular weight is 267 g/mol. The monoisotopic (exact) mass is 267 g/mol. The van der Waals surface area contributed by atoms with Crippen molar-refractivity contribution < 1.29 is 23.1 Å². The van der Waals surface area contributed by atoms with E-state index in [0.29, 0.717) is 0 Å². The minimum absolute atomic E-state index is 0.0200. The lowest BCUT2D eigenvalue weighted by molar-refractivity contribution is -0.141. The first kappa shape index (κ1) is 16.3. The van der Waals surface area contributed by atoms with Gasteiger partial charge in [0.2, 0.25) is 10.0 Å². The first-order valence-corrected chi connectivity index (χ1v) is 7.06. The van der Waals surface area contributed by atoms with Crippen LogP contribution in [0.4, 0.5) is 0 Å². The van der Waals surface area contributed by atoms with Gasteiger partial charge in [-0.25, -0.2) is 12.7 Å². The Morgan fingerprint density at radius 1 is 1.35 bits per heavy atom. The third-order valence-corrected chi connectivity index (χ3v) is 4.00. The Morgan fingerprint density at radius 2 is 1.88 bits per heavy atom. The van der Waals surface area contributed by atoms with Crippen LogP contribution in [0.3, 0.4) is 0 Å². The summed E-state index contributed by atoms with van der Waals surface area (Å²) < 4.78 is 29.7. The van der Waals surface area contributed by atoms with E-state index in [0.717, 1.165) is 4.31 Å². The largest absolute Gasteiger partial charge is 0.481 e. The van der Waals surface area contributed by atoms with Crippen LogP contribution in [0, 0.1) is 5.92 Å². The van der Waals surface area contributed by atoms with Gasteiger partial charge in [0.15, 0.2) is 0 Å². The smallest absolute Gasteiger partial charge is 0.307 e. The van der Waals surface area contributed by atoms with Gasteiger partial charge in [0, 0.05) is 13.6 Å². The summed E-state index contributed by atoms with van der Waals surface area (Å²) >= 11 is 0. The summed E-state index contributed by atoms with van der Waals surface area (Å²) in [6.45, 7) is 5.20. The zero-order chi connectivity index (χ0) is 13.6. The van der Waals surface area contributed by atoms with Crippen LogP contribution in [-0.4, -0.2) is 55.9 Å². The maximum Gasteiger partial charge on any atom is 0.307 e. The molecule has 0 saturated heterocycles. The van der Waals surface area contributed by atoms with Gasteiger partial charge in [0.1, 0.15) is 0 Å². The van der Waals surface area contributed by atoms with Gasteiger partial charge < -0.3 is 9.84 Å². The molecule has 0 aliphatic rings. The van der Waals surface area contributed by atoms with Crippen molar-refractivity contribution in [2.75, 3.05) is 26.0 Å². The van der Waals surface area contributed by atoms with E-state index < -0.39 is 21.9 Å². The molecule has 0 aromatic heterocycles. The first-order valence-electron chi connectivity index (χ1n) is 5.45. The maximum absolute atomic E-state index is 11.7. The number of hydrogen-bond acceptors (Lipinski definition) is 4. The summed E-state index contributed by atoms with van der Waals surface area (Å²) in [5.41, 5.74) is 0. The van der Waals surface area contributed by atoms with Crippen LogP contribution >= 0.6 is 0 Å². The van der Waals surface area contributed by atoms with Crippen molar-refractivity contribution in [1.29, 1.82) is 0 Å². The highest BCUT2D eigenvalue weighted by atomic mass is 32.2. The lowest BCUT2D eigenvalue weighted by Crippen LogP contribution is -2.36. The fourth-order valence-electron chi connectivity index (χ4n) is 1.12. The summed E-state index contributed by atoms with van der Waals surface area (Å²) in [4.78, 5) is 10.6. The maximum atomic E-state index is 11.7. The number of sulfonamides is 1. The molecule has 0 amide bonds. The van der Waals surface area contributed by atoms with E-state index in [4.69, 9.17) is 9.84 Å². The Morgan fingerprint density at radius 3 is 2.29 bits per heavy atom. The first-order chi connectivity index (χ1) is 7.66. The normalized spacial score (nSPS) is 14.2. The van der Waals surface area contributed by atoms with Crippen LogP contribution in [0.25, 0.3) is 0 Å². The third-order valence-electron chi connectivity index (χ3n) is 2.22. The quantitative estimate of drug-likeness (QED) is 0.688. The van der Waals surface area contributed by atoms with Gasteiger partial charge in [0.25, 0.3) is 0 Å². The van der Waals surface area contributed by atoms with Gasteiger partial charge in [0.05, 0.1) is 24.4 Å². The summed E-state index contributed by atoms with van der Waals surface area (Å²) in [5.74, 6) is -1.86. The average Bonchev–Trinajstić information content (AvgIpc) is 2.16. The van der Waals surface area contributed by atoms with E-state index in [1.807, 2.05) is 13.8 Å². The summed E-state index contributed by atoms with van der Waals surface area (Å²) in [6.07, 6.45) is -0.0200. The summed E-state index contributed by atoms with van der Waals surface area (Å²) in [7, 11) is -2.06. The number of nitrogens with zero attached hydrogens (tertiary/aromatic N) is 1. The van der Waals surface area contributed by atoms with Crippen molar-refractivity contribution in [3.05, 3.63) is 0 Å². The molecule has 0 heterocycles.